The van der Waals surface area contributed by atoms with Crippen LogP contribution in [0, 0.1) is 5.92 Å². The highest BCUT2D eigenvalue weighted by molar-refractivity contribution is 7.89. The maximum absolute atomic E-state index is 11.6. The van der Waals surface area contributed by atoms with E-state index in [0.29, 0.717) is 12.5 Å². The van der Waals surface area contributed by atoms with E-state index in [0.717, 1.165) is 6.42 Å². The summed E-state index contributed by atoms with van der Waals surface area (Å²) in [5.41, 5.74) is 5.23. The van der Waals surface area contributed by atoms with Crippen molar-refractivity contribution in [2.24, 2.45) is 11.7 Å². The molecule has 3 N–H and O–H groups in total. The third-order valence-electron chi connectivity index (χ3n) is 2.77. The van der Waals surface area contributed by atoms with Gasteiger partial charge < -0.3 is 5.73 Å². The summed E-state index contributed by atoms with van der Waals surface area (Å²) in [7, 11) is -3.12. The van der Waals surface area contributed by atoms with Crippen LogP contribution in [-0.4, -0.2) is 26.3 Å². The molecule has 1 aliphatic carbocycles. The van der Waals surface area contributed by atoms with Crippen LogP contribution in [0.5, 0.6) is 0 Å². The molecule has 0 heterocycles. The average Bonchev–Trinajstić information content (AvgIpc) is 1.97. The Hall–Kier alpha value is 0.160. The van der Waals surface area contributed by atoms with Gasteiger partial charge in [0.05, 0.1) is 5.75 Å². The molecule has 0 aromatic rings. The van der Waals surface area contributed by atoms with Crippen LogP contribution >= 0.6 is 12.4 Å². The highest BCUT2D eigenvalue weighted by Crippen LogP contribution is 2.29. The summed E-state index contributed by atoms with van der Waals surface area (Å²) in [4.78, 5) is 0. The number of nitrogens with one attached hydrogen (secondary N) is 1. The van der Waals surface area contributed by atoms with Gasteiger partial charge in [-0.25, -0.2) is 13.1 Å². The monoisotopic (exact) mass is 270 g/mol. The van der Waals surface area contributed by atoms with E-state index in [4.69, 9.17) is 5.73 Å². The SMILES string of the molecule is CC(C)(N)CNS(=O)(=O)CCC1CCC1.Cl. The highest BCUT2D eigenvalue weighted by atomic mass is 35.5. The van der Waals surface area contributed by atoms with Crippen LogP contribution in [0.3, 0.4) is 0 Å². The molecule has 6 heteroatoms. The van der Waals surface area contributed by atoms with Crippen LogP contribution < -0.4 is 10.5 Å². The van der Waals surface area contributed by atoms with Crippen molar-refractivity contribution in [1.29, 1.82) is 0 Å². The zero-order valence-corrected chi connectivity index (χ0v) is 11.7. The molecule has 1 rings (SSSR count). The van der Waals surface area contributed by atoms with Gasteiger partial charge in [-0.05, 0) is 26.2 Å². The van der Waals surface area contributed by atoms with Crippen molar-refractivity contribution in [1.82, 2.24) is 4.72 Å². The normalized spacial score (nSPS) is 17.7. The van der Waals surface area contributed by atoms with Crippen molar-refractivity contribution in [2.75, 3.05) is 12.3 Å². The third kappa shape index (κ3) is 6.68. The molecule has 1 fully saturated rings. The molecule has 98 valence electrons. The molecule has 0 aromatic carbocycles. The topological polar surface area (TPSA) is 72.2 Å². The van der Waals surface area contributed by atoms with E-state index in [1.54, 1.807) is 13.8 Å². The zero-order chi connectivity index (χ0) is 11.5. The van der Waals surface area contributed by atoms with Gasteiger partial charge in [0.1, 0.15) is 0 Å². The van der Waals surface area contributed by atoms with Crippen LogP contribution in [-0.2, 0) is 10.0 Å². The van der Waals surface area contributed by atoms with E-state index in [-0.39, 0.29) is 18.2 Å². The summed E-state index contributed by atoms with van der Waals surface area (Å²) in [6.07, 6.45) is 4.43. The molecule has 0 unspecified atom stereocenters. The molecule has 0 radical (unpaired) electrons. The fourth-order valence-electron chi connectivity index (χ4n) is 1.47. The van der Waals surface area contributed by atoms with Crippen molar-refractivity contribution in [2.45, 2.75) is 45.1 Å². The number of halogens is 1. The summed E-state index contributed by atoms with van der Waals surface area (Å²) in [5.74, 6) is 0.876. The van der Waals surface area contributed by atoms with Crippen LogP contribution in [0.2, 0.25) is 0 Å². The Morgan fingerprint density at radius 2 is 1.94 bits per heavy atom. The lowest BCUT2D eigenvalue weighted by atomic mass is 9.84. The Balaban J connectivity index is 0.00000225. The summed E-state index contributed by atoms with van der Waals surface area (Å²) in [6.45, 7) is 3.92. The maximum atomic E-state index is 11.6. The minimum Gasteiger partial charge on any atom is -0.324 e. The molecule has 0 atom stereocenters. The largest absolute Gasteiger partial charge is 0.324 e. The fraction of sp³-hybridized carbons (Fsp3) is 1.00. The number of hydrogen-bond acceptors (Lipinski definition) is 3. The van der Waals surface area contributed by atoms with Gasteiger partial charge in [-0.2, -0.15) is 0 Å². The number of hydrogen-bond donors (Lipinski definition) is 2. The Morgan fingerprint density at radius 3 is 2.31 bits per heavy atom. The minimum absolute atomic E-state index is 0. The van der Waals surface area contributed by atoms with Gasteiger partial charge in [0.15, 0.2) is 0 Å². The summed E-state index contributed by atoms with van der Waals surface area (Å²) in [5, 5.41) is 0. The molecule has 4 nitrogen and oxygen atoms in total. The Labute approximate surface area is 105 Å². The molecule has 0 amide bonds. The first-order valence-corrected chi connectivity index (χ1v) is 7.20. The molecule has 0 aliphatic heterocycles. The van der Waals surface area contributed by atoms with E-state index < -0.39 is 15.6 Å². The summed E-state index contributed by atoms with van der Waals surface area (Å²) >= 11 is 0. The predicted molar refractivity (Wildman–Crippen MR) is 69.3 cm³/mol. The van der Waals surface area contributed by atoms with Gasteiger partial charge in [0.25, 0.3) is 0 Å². The lowest BCUT2D eigenvalue weighted by Gasteiger charge is -2.25. The second-order valence-corrected chi connectivity index (χ2v) is 7.14. The van der Waals surface area contributed by atoms with Gasteiger partial charge in [0.2, 0.25) is 10.0 Å². The van der Waals surface area contributed by atoms with Crippen molar-refractivity contribution >= 4 is 22.4 Å². The van der Waals surface area contributed by atoms with Crippen LogP contribution in [0.25, 0.3) is 0 Å². The van der Waals surface area contributed by atoms with Crippen LogP contribution in [0.4, 0.5) is 0 Å². The van der Waals surface area contributed by atoms with Crippen LogP contribution in [0.15, 0.2) is 0 Å². The Bertz CT molecular complexity index is 294. The maximum Gasteiger partial charge on any atom is 0.211 e. The minimum atomic E-state index is -3.12. The van der Waals surface area contributed by atoms with E-state index in [9.17, 15) is 8.42 Å². The Kier molecular flexibility index (Phi) is 6.25. The molecular formula is C10H23ClN2O2S. The van der Waals surface area contributed by atoms with Crippen LogP contribution in [0.1, 0.15) is 39.5 Å². The first kappa shape index (κ1) is 16.2. The lowest BCUT2D eigenvalue weighted by molar-refractivity contribution is 0.307. The van der Waals surface area contributed by atoms with E-state index in [1.165, 1.54) is 19.3 Å². The van der Waals surface area contributed by atoms with E-state index >= 15 is 0 Å². The van der Waals surface area contributed by atoms with Crippen molar-refractivity contribution in [3.8, 4) is 0 Å². The number of sulfonamides is 1. The number of rotatable bonds is 6. The smallest absolute Gasteiger partial charge is 0.211 e. The second kappa shape index (κ2) is 6.19. The first-order valence-electron chi connectivity index (χ1n) is 5.55. The second-order valence-electron chi connectivity index (χ2n) is 5.21. The molecule has 1 aliphatic rings. The van der Waals surface area contributed by atoms with E-state index in [1.807, 2.05) is 0 Å². The predicted octanol–water partition coefficient (Wildman–Crippen LogP) is 1.26. The third-order valence-corrected chi connectivity index (χ3v) is 4.12. The zero-order valence-electron chi connectivity index (χ0n) is 10.0. The van der Waals surface area contributed by atoms with Crippen molar-refractivity contribution in [3.63, 3.8) is 0 Å². The van der Waals surface area contributed by atoms with Gasteiger partial charge in [-0.1, -0.05) is 19.3 Å². The van der Waals surface area contributed by atoms with Gasteiger partial charge >= 0.3 is 0 Å². The van der Waals surface area contributed by atoms with Gasteiger partial charge in [-0.3, -0.25) is 0 Å². The molecule has 1 saturated carbocycles. The molecular weight excluding hydrogens is 248 g/mol. The van der Waals surface area contributed by atoms with Gasteiger partial charge in [-0.15, -0.1) is 12.4 Å². The molecule has 0 spiro atoms. The van der Waals surface area contributed by atoms with Crippen molar-refractivity contribution < 1.29 is 8.42 Å². The Morgan fingerprint density at radius 1 is 1.38 bits per heavy atom. The quantitative estimate of drug-likeness (QED) is 0.763. The molecule has 16 heavy (non-hydrogen) atoms. The average molecular weight is 271 g/mol. The standard InChI is InChI=1S/C10H22N2O2S.ClH/c1-10(2,11)8-12-15(13,14)7-6-9-4-3-5-9;/h9,12H,3-8,11H2,1-2H3;1H. The summed E-state index contributed by atoms with van der Waals surface area (Å²) < 4.78 is 25.7. The van der Waals surface area contributed by atoms with E-state index in [2.05, 4.69) is 4.72 Å². The fourth-order valence-corrected chi connectivity index (χ4v) is 2.85. The van der Waals surface area contributed by atoms with Crippen molar-refractivity contribution in [3.05, 3.63) is 0 Å². The molecule has 0 saturated heterocycles. The van der Waals surface area contributed by atoms with Gasteiger partial charge in [0, 0.05) is 12.1 Å². The lowest BCUT2D eigenvalue weighted by Crippen LogP contribution is -2.45. The summed E-state index contributed by atoms with van der Waals surface area (Å²) in [6, 6.07) is 0. The first-order chi connectivity index (χ1) is 6.79. The molecule has 0 bridgehead atoms. The molecule has 0 aromatic heterocycles. The highest BCUT2D eigenvalue weighted by Gasteiger charge is 2.21. The number of nitrogens with two attached hydrogens (primary N) is 1.